The number of hydrogen-bond donors (Lipinski definition) is 2. The molecule has 0 aromatic carbocycles. The third-order valence-electron chi connectivity index (χ3n) is 2.54. The van der Waals surface area contributed by atoms with E-state index in [2.05, 4.69) is 5.32 Å². The van der Waals surface area contributed by atoms with E-state index in [1.165, 1.54) is 0 Å². The molecular weight excluding hydrogens is 208 g/mol. The zero-order chi connectivity index (χ0) is 12.4. The van der Waals surface area contributed by atoms with E-state index in [-0.39, 0.29) is 11.8 Å². The van der Waals surface area contributed by atoms with Crippen molar-refractivity contribution in [2.24, 2.45) is 11.7 Å². The number of carbonyl (C=O) groups is 1. The lowest BCUT2D eigenvalue weighted by Gasteiger charge is -2.17. The molecule has 0 bridgehead atoms. The number of nitrogens with two attached hydrogens (primary N) is 1. The minimum Gasteiger partial charge on any atom is -0.382 e. The maximum absolute atomic E-state index is 11.5. The summed E-state index contributed by atoms with van der Waals surface area (Å²) in [6, 6.07) is -0.427. The van der Waals surface area contributed by atoms with Crippen LogP contribution in [0.1, 0.15) is 20.3 Å². The van der Waals surface area contributed by atoms with Gasteiger partial charge in [0.2, 0.25) is 5.91 Å². The summed E-state index contributed by atoms with van der Waals surface area (Å²) in [5.74, 6) is 0.0964. The van der Waals surface area contributed by atoms with Gasteiger partial charge in [-0.2, -0.15) is 0 Å². The average Bonchev–Trinajstić information content (AvgIpc) is 2.31. The molecule has 2 atom stereocenters. The second-order valence-corrected chi connectivity index (χ2v) is 3.81. The van der Waals surface area contributed by atoms with Crippen LogP contribution in [0, 0.1) is 5.92 Å². The van der Waals surface area contributed by atoms with Crippen LogP contribution >= 0.6 is 0 Å². The van der Waals surface area contributed by atoms with E-state index in [1.54, 1.807) is 7.11 Å². The van der Waals surface area contributed by atoms with Gasteiger partial charge >= 0.3 is 0 Å². The van der Waals surface area contributed by atoms with Gasteiger partial charge in [0, 0.05) is 13.7 Å². The second kappa shape index (κ2) is 9.57. The van der Waals surface area contributed by atoms with E-state index < -0.39 is 6.04 Å². The molecule has 1 amide bonds. The Balaban J connectivity index is 3.50. The maximum Gasteiger partial charge on any atom is 0.237 e. The first kappa shape index (κ1) is 15.3. The van der Waals surface area contributed by atoms with Crippen molar-refractivity contribution in [1.29, 1.82) is 0 Å². The molecule has 0 unspecified atom stereocenters. The van der Waals surface area contributed by atoms with Crippen LogP contribution in [-0.4, -0.2) is 45.4 Å². The summed E-state index contributed by atoms with van der Waals surface area (Å²) in [6.07, 6.45) is 0.902. The van der Waals surface area contributed by atoms with Crippen molar-refractivity contribution in [3.63, 3.8) is 0 Å². The Labute approximate surface area is 97.7 Å². The van der Waals surface area contributed by atoms with Gasteiger partial charge in [0.15, 0.2) is 0 Å². The van der Waals surface area contributed by atoms with Gasteiger partial charge < -0.3 is 20.5 Å². The summed E-state index contributed by atoms with van der Waals surface area (Å²) in [5, 5.41) is 2.74. The molecule has 0 saturated carbocycles. The predicted molar refractivity (Wildman–Crippen MR) is 63.1 cm³/mol. The molecule has 0 heterocycles. The lowest BCUT2D eigenvalue weighted by atomic mass is 9.99. The van der Waals surface area contributed by atoms with E-state index in [4.69, 9.17) is 15.2 Å². The van der Waals surface area contributed by atoms with E-state index in [1.807, 2.05) is 13.8 Å². The van der Waals surface area contributed by atoms with Crippen LogP contribution in [0.4, 0.5) is 0 Å². The fourth-order valence-corrected chi connectivity index (χ4v) is 1.12. The highest BCUT2D eigenvalue weighted by molar-refractivity contribution is 5.81. The first-order valence-corrected chi connectivity index (χ1v) is 5.73. The SMILES string of the molecule is CC[C@H](C)[C@H](N)C(=O)NCCOCCOC. The van der Waals surface area contributed by atoms with E-state index in [0.717, 1.165) is 6.42 Å². The summed E-state index contributed by atoms with van der Waals surface area (Å²) in [5.41, 5.74) is 5.76. The molecule has 0 fully saturated rings. The van der Waals surface area contributed by atoms with Crippen LogP contribution in [0.3, 0.4) is 0 Å². The minimum atomic E-state index is -0.427. The highest BCUT2D eigenvalue weighted by Crippen LogP contribution is 2.04. The van der Waals surface area contributed by atoms with E-state index in [0.29, 0.717) is 26.4 Å². The number of rotatable bonds is 9. The normalized spacial score (nSPS) is 14.5. The first-order valence-electron chi connectivity index (χ1n) is 5.73. The van der Waals surface area contributed by atoms with Crippen molar-refractivity contribution in [2.75, 3.05) is 33.5 Å². The summed E-state index contributed by atoms with van der Waals surface area (Å²) in [6.45, 7) is 6.09. The van der Waals surface area contributed by atoms with Gasteiger partial charge in [-0.1, -0.05) is 20.3 Å². The van der Waals surface area contributed by atoms with Gasteiger partial charge in [0.25, 0.3) is 0 Å². The molecule has 3 N–H and O–H groups in total. The van der Waals surface area contributed by atoms with Gasteiger partial charge in [0.1, 0.15) is 0 Å². The van der Waals surface area contributed by atoms with Crippen LogP contribution in [0.25, 0.3) is 0 Å². The third kappa shape index (κ3) is 6.76. The zero-order valence-corrected chi connectivity index (χ0v) is 10.5. The molecule has 0 aromatic heterocycles. The number of amides is 1. The Bertz CT molecular complexity index is 188. The fraction of sp³-hybridized carbons (Fsp3) is 0.909. The van der Waals surface area contributed by atoms with Crippen molar-refractivity contribution >= 4 is 5.91 Å². The van der Waals surface area contributed by atoms with Gasteiger partial charge in [-0.25, -0.2) is 0 Å². The summed E-state index contributed by atoms with van der Waals surface area (Å²) in [4.78, 5) is 11.5. The largest absolute Gasteiger partial charge is 0.382 e. The highest BCUT2D eigenvalue weighted by Gasteiger charge is 2.18. The Kier molecular flexibility index (Phi) is 9.18. The molecule has 0 saturated heterocycles. The molecule has 0 radical (unpaired) electrons. The van der Waals surface area contributed by atoms with Gasteiger partial charge in [-0.3, -0.25) is 4.79 Å². The number of hydrogen-bond acceptors (Lipinski definition) is 4. The molecule has 0 rings (SSSR count). The fourth-order valence-electron chi connectivity index (χ4n) is 1.12. The van der Waals surface area contributed by atoms with Crippen LogP contribution in [-0.2, 0) is 14.3 Å². The molecule has 5 heteroatoms. The third-order valence-corrected chi connectivity index (χ3v) is 2.54. The van der Waals surface area contributed by atoms with Gasteiger partial charge in [0.05, 0.1) is 25.9 Å². The molecule has 0 aromatic rings. The Morgan fingerprint density at radius 2 is 2.06 bits per heavy atom. The summed E-state index contributed by atoms with van der Waals surface area (Å²) >= 11 is 0. The first-order chi connectivity index (χ1) is 7.63. The minimum absolute atomic E-state index is 0.107. The summed E-state index contributed by atoms with van der Waals surface area (Å²) < 4.78 is 10.0. The standard InChI is InChI=1S/C11H24N2O3/c1-4-9(2)10(12)11(14)13-5-6-16-8-7-15-3/h9-10H,4-8,12H2,1-3H3,(H,13,14)/t9-,10-/m0/s1. The van der Waals surface area contributed by atoms with Crippen LogP contribution in [0.5, 0.6) is 0 Å². The molecular formula is C11H24N2O3. The molecule has 0 aliphatic rings. The Hall–Kier alpha value is -0.650. The number of methoxy groups -OCH3 is 1. The zero-order valence-electron chi connectivity index (χ0n) is 10.5. The summed E-state index contributed by atoms with van der Waals surface area (Å²) in [7, 11) is 1.62. The Morgan fingerprint density at radius 1 is 1.38 bits per heavy atom. The van der Waals surface area contributed by atoms with Crippen molar-refractivity contribution in [1.82, 2.24) is 5.32 Å². The number of ether oxygens (including phenoxy) is 2. The van der Waals surface area contributed by atoms with Crippen LogP contribution < -0.4 is 11.1 Å². The number of nitrogens with one attached hydrogen (secondary N) is 1. The van der Waals surface area contributed by atoms with Crippen LogP contribution in [0.15, 0.2) is 0 Å². The molecule has 16 heavy (non-hydrogen) atoms. The number of carbonyl (C=O) groups excluding carboxylic acids is 1. The molecule has 0 aliphatic carbocycles. The topological polar surface area (TPSA) is 73.6 Å². The monoisotopic (exact) mass is 232 g/mol. The smallest absolute Gasteiger partial charge is 0.237 e. The lowest BCUT2D eigenvalue weighted by Crippen LogP contribution is -2.45. The van der Waals surface area contributed by atoms with Crippen molar-refractivity contribution in [2.45, 2.75) is 26.3 Å². The van der Waals surface area contributed by atoms with Crippen molar-refractivity contribution in [3.8, 4) is 0 Å². The second-order valence-electron chi connectivity index (χ2n) is 3.81. The predicted octanol–water partition coefficient (Wildman–Crippen LogP) is 0.139. The maximum atomic E-state index is 11.5. The molecule has 96 valence electrons. The quantitative estimate of drug-likeness (QED) is 0.555. The lowest BCUT2D eigenvalue weighted by molar-refractivity contribution is -0.123. The van der Waals surface area contributed by atoms with Crippen molar-refractivity contribution < 1.29 is 14.3 Å². The van der Waals surface area contributed by atoms with E-state index >= 15 is 0 Å². The molecule has 5 nitrogen and oxygen atoms in total. The average molecular weight is 232 g/mol. The highest BCUT2D eigenvalue weighted by atomic mass is 16.5. The Morgan fingerprint density at radius 3 is 2.62 bits per heavy atom. The molecule has 0 spiro atoms. The van der Waals surface area contributed by atoms with Gasteiger partial charge in [-0.15, -0.1) is 0 Å². The molecule has 0 aliphatic heterocycles. The van der Waals surface area contributed by atoms with E-state index in [9.17, 15) is 4.79 Å². The van der Waals surface area contributed by atoms with Crippen LogP contribution in [0.2, 0.25) is 0 Å². The van der Waals surface area contributed by atoms with Crippen molar-refractivity contribution in [3.05, 3.63) is 0 Å². The van der Waals surface area contributed by atoms with Gasteiger partial charge in [-0.05, 0) is 5.92 Å².